The van der Waals surface area contributed by atoms with Gasteiger partial charge in [-0.2, -0.15) is 0 Å². The van der Waals surface area contributed by atoms with Gasteiger partial charge in [-0.3, -0.25) is 9.59 Å². The highest BCUT2D eigenvalue weighted by Gasteiger charge is 2.07. The summed E-state index contributed by atoms with van der Waals surface area (Å²) in [5, 5.41) is 0. The Hall–Kier alpha value is -1.84. The number of carbonyl (C=O) groups excluding carboxylic acids is 2. The first kappa shape index (κ1) is 12.2. The largest absolute Gasteiger partial charge is 0.465 e. The van der Waals surface area contributed by atoms with Crippen LogP contribution in [0.5, 0.6) is 0 Å². The lowest BCUT2D eigenvalue weighted by atomic mass is 10.2. The van der Waals surface area contributed by atoms with E-state index in [0.29, 0.717) is 12.2 Å². The van der Waals surface area contributed by atoms with Crippen LogP contribution in [-0.2, 0) is 9.53 Å². The fourth-order valence-corrected chi connectivity index (χ4v) is 1.30. The third-order valence-corrected chi connectivity index (χ3v) is 2.14. The van der Waals surface area contributed by atoms with Crippen LogP contribution in [0.15, 0.2) is 24.3 Å². The van der Waals surface area contributed by atoms with Crippen LogP contribution >= 0.6 is 0 Å². The minimum Gasteiger partial charge on any atom is -0.465 e. The summed E-state index contributed by atoms with van der Waals surface area (Å²) in [5.74, 6) is -0.260. The van der Waals surface area contributed by atoms with Gasteiger partial charge < -0.3 is 9.64 Å². The number of benzene rings is 1. The number of hydrogen-bond donors (Lipinski definition) is 0. The number of anilines is 1. The van der Waals surface area contributed by atoms with Crippen molar-refractivity contribution < 1.29 is 14.3 Å². The number of ether oxygens (including phenoxy) is 1. The van der Waals surface area contributed by atoms with Gasteiger partial charge in [-0.25, -0.2) is 0 Å². The van der Waals surface area contributed by atoms with Crippen LogP contribution in [0.2, 0.25) is 0 Å². The van der Waals surface area contributed by atoms with E-state index in [1.54, 1.807) is 43.1 Å². The smallest absolute Gasteiger partial charge is 0.325 e. The minimum absolute atomic E-state index is 0.203. The van der Waals surface area contributed by atoms with E-state index in [0.717, 1.165) is 12.0 Å². The molecule has 1 aromatic rings. The maximum absolute atomic E-state index is 11.2. The molecule has 0 N–H and O–H groups in total. The maximum Gasteiger partial charge on any atom is 0.325 e. The van der Waals surface area contributed by atoms with Gasteiger partial charge in [0, 0.05) is 18.3 Å². The third kappa shape index (κ3) is 3.38. The minimum atomic E-state index is -0.260. The van der Waals surface area contributed by atoms with Crippen molar-refractivity contribution in [2.45, 2.75) is 6.92 Å². The molecule has 0 atom stereocenters. The van der Waals surface area contributed by atoms with Gasteiger partial charge in [-0.15, -0.1) is 0 Å². The molecule has 4 nitrogen and oxygen atoms in total. The molecule has 0 amide bonds. The molecule has 1 aromatic carbocycles. The van der Waals surface area contributed by atoms with E-state index in [-0.39, 0.29) is 12.5 Å². The molecule has 0 saturated heterocycles. The van der Waals surface area contributed by atoms with Crippen molar-refractivity contribution in [2.24, 2.45) is 0 Å². The zero-order chi connectivity index (χ0) is 12.0. The van der Waals surface area contributed by atoms with Gasteiger partial charge in [0.05, 0.1) is 6.61 Å². The fraction of sp³-hybridized carbons (Fsp3) is 0.333. The molecule has 0 fully saturated rings. The van der Waals surface area contributed by atoms with Crippen molar-refractivity contribution in [3.63, 3.8) is 0 Å². The Morgan fingerprint density at radius 3 is 2.50 bits per heavy atom. The number of aldehydes is 1. The lowest BCUT2D eigenvalue weighted by Gasteiger charge is -2.17. The number of likely N-dealkylation sites (N-methyl/N-ethyl adjacent to an activating group) is 1. The summed E-state index contributed by atoms with van der Waals surface area (Å²) in [5.41, 5.74) is 1.49. The van der Waals surface area contributed by atoms with Crippen LogP contribution in [0.4, 0.5) is 5.69 Å². The van der Waals surface area contributed by atoms with Gasteiger partial charge in [0.25, 0.3) is 0 Å². The van der Waals surface area contributed by atoms with Gasteiger partial charge in [0.1, 0.15) is 12.8 Å². The standard InChI is InChI=1S/C12H15NO3/c1-3-16-12(15)8-13(2)11-6-4-10(9-14)5-7-11/h4-7,9H,3,8H2,1-2H3. The van der Waals surface area contributed by atoms with E-state index in [1.165, 1.54) is 0 Å². The number of rotatable bonds is 5. The van der Waals surface area contributed by atoms with Gasteiger partial charge >= 0.3 is 5.97 Å². The molecule has 1 rings (SSSR count). The predicted octanol–water partition coefficient (Wildman–Crippen LogP) is 1.50. The average Bonchev–Trinajstić information content (AvgIpc) is 2.29. The molecule has 0 radical (unpaired) electrons. The van der Waals surface area contributed by atoms with Crippen LogP contribution < -0.4 is 4.90 Å². The molecule has 0 aliphatic carbocycles. The van der Waals surface area contributed by atoms with Crippen LogP contribution in [0.1, 0.15) is 17.3 Å². The monoisotopic (exact) mass is 221 g/mol. The first-order valence-electron chi connectivity index (χ1n) is 5.09. The van der Waals surface area contributed by atoms with E-state index in [4.69, 9.17) is 4.74 Å². The molecule has 0 saturated carbocycles. The Morgan fingerprint density at radius 2 is 2.00 bits per heavy atom. The predicted molar refractivity (Wildman–Crippen MR) is 61.7 cm³/mol. The Labute approximate surface area is 94.8 Å². The second kappa shape index (κ2) is 5.90. The summed E-state index contributed by atoms with van der Waals surface area (Å²) in [6, 6.07) is 7.01. The molecular weight excluding hydrogens is 206 g/mol. The Kier molecular flexibility index (Phi) is 4.51. The molecule has 0 aliphatic heterocycles. The summed E-state index contributed by atoms with van der Waals surface area (Å²) in [6.45, 7) is 2.36. The number of nitrogens with zero attached hydrogens (tertiary/aromatic N) is 1. The maximum atomic E-state index is 11.2. The highest BCUT2D eigenvalue weighted by atomic mass is 16.5. The molecule has 0 aromatic heterocycles. The number of carbonyl (C=O) groups is 2. The van der Waals surface area contributed by atoms with Gasteiger partial charge in [-0.1, -0.05) is 0 Å². The van der Waals surface area contributed by atoms with Crippen LogP contribution in [0.25, 0.3) is 0 Å². The van der Waals surface area contributed by atoms with E-state index in [9.17, 15) is 9.59 Å². The lowest BCUT2D eigenvalue weighted by molar-refractivity contribution is -0.141. The average molecular weight is 221 g/mol. The molecule has 0 spiro atoms. The van der Waals surface area contributed by atoms with E-state index in [2.05, 4.69) is 0 Å². The van der Waals surface area contributed by atoms with E-state index in [1.807, 2.05) is 0 Å². The summed E-state index contributed by atoms with van der Waals surface area (Å²) in [6.07, 6.45) is 0.787. The van der Waals surface area contributed by atoms with E-state index >= 15 is 0 Å². The molecule has 86 valence electrons. The van der Waals surface area contributed by atoms with Crippen molar-refractivity contribution in [3.8, 4) is 0 Å². The van der Waals surface area contributed by atoms with E-state index < -0.39 is 0 Å². The van der Waals surface area contributed by atoms with Crippen molar-refractivity contribution in [3.05, 3.63) is 29.8 Å². The zero-order valence-electron chi connectivity index (χ0n) is 9.47. The summed E-state index contributed by atoms with van der Waals surface area (Å²) < 4.78 is 4.84. The zero-order valence-corrected chi connectivity index (χ0v) is 9.47. The highest BCUT2D eigenvalue weighted by Crippen LogP contribution is 2.12. The van der Waals surface area contributed by atoms with Crippen LogP contribution in [0.3, 0.4) is 0 Å². The highest BCUT2D eigenvalue weighted by molar-refractivity contribution is 5.77. The quantitative estimate of drug-likeness (QED) is 0.558. The van der Waals surface area contributed by atoms with Gasteiger partial charge in [0.15, 0.2) is 0 Å². The summed E-state index contributed by atoms with van der Waals surface area (Å²) in [4.78, 5) is 23.5. The SMILES string of the molecule is CCOC(=O)CN(C)c1ccc(C=O)cc1. The molecular formula is C12H15NO3. The first-order chi connectivity index (χ1) is 7.67. The topological polar surface area (TPSA) is 46.6 Å². The van der Waals surface area contributed by atoms with Crippen LogP contribution in [0, 0.1) is 0 Å². The van der Waals surface area contributed by atoms with Crippen molar-refractivity contribution in [1.29, 1.82) is 0 Å². The molecule has 0 bridgehead atoms. The van der Waals surface area contributed by atoms with Crippen molar-refractivity contribution in [2.75, 3.05) is 25.1 Å². The Morgan fingerprint density at radius 1 is 1.38 bits per heavy atom. The number of hydrogen-bond acceptors (Lipinski definition) is 4. The third-order valence-electron chi connectivity index (χ3n) is 2.14. The molecule has 4 heteroatoms. The summed E-state index contributed by atoms with van der Waals surface area (Å²) >= 11 is 0. The second-order valence-corrected chi connectivity index (χ2v) is 3.37. The van der Waals surface area contributed by atoms with Gasteiger partial charge in [0.2, 0.25) is 0 Å². The van der Waals surface area contributed by atoms with Crippen LogP contribution in [-0.4, -0.2) is 32.5 Å². The Balaban J connectivity index is 2.61. The normalized spacial score (nSPS) is 9.62. The van der Waals surface area contributed by atoms with Crippen molar-refractivity contribution >= 4 is 17.9 Å². The lowest BCUT2D eigenvalue weighted by Crippen LogP contribution is -2.27. The molecule has 16 heavy (non-hydrogen) atoms. The van der Waals surface area contributed by atoms with Gasteiger partial charge in [-0.05, 0) is 31.2 Å². The molecule has 0 heterocycles. The number of esters is 1. The second-order valence-electron chi connectivity index (χ2n) is 3.37. The first-order valence-corrected chi connectivity index (χ1v) is 5.09. The fourth-order valence-electron chi connectivity index (χ4n) is 1.30. The summed E-state index contributed by atoms with van der Waals surface area (Å²) in [7, 11) is 1.80. The Bertz CT molecular complexity index is 359. The van der Waals surface area contributed by atoms with Crippen molar-refractivity contribution in [1.82, 2.24) is 0 Å². The molecule has 0 aliphatic rings. The molecule has 0 unspecified atom stereocenters.